The molecule has 1 aromatic heterocycles. The van der Waals surface area contributed by atoms with Crippen LogP contribution in [0.25, 0.3) is 5.57 Å². The van der Waals surface area contributed by atoms with Crippen molar-refractivity contribution < 1.29 is 22.4 Å². The van der Waals surface area contributed by atoms with E-state index in [0.717, 1.165) is 12.1 Å². The Bertz CT molecular complexity index is 1200. The van der Waals surface area contributed by atoms with Gasteiger partial charge in [0.15, 0.2) is 5.82 Å². The summed E-state index contributed by atoms with van der Waals surface area (Å²) in [4.78, 5) is 28.5. The van der Waals surface area contributed by atoms with Gasteiger partial charge in [-0.25, -0.2) is 8.78 Å². The first kappa shape index (κ1) is 24.0. The van der Waals surface area contributed by atoms with Gasteiger partial charge >= 0.3 is 6.55 Å². The predicted octanol–water partition coefficient (Wildman–Crippen LogP) is 2.90. The highest BCUT2D eigenvalue weighted by atomic mass is 19.3. The first-order chi connectivity index (χ1) is 16.2. The van der Waals surface area contributed by atoms with Crippen molar-refractivity contribution in [1.82, 2.24) is 14.8 Å². The molecular weight excluding hydrogens is 454 g/mol. The molecule has 0 spiro atoms. The lowest BCUT2D eigenvalue weighted by Crippen LogP contribution is -2.50. The second kappa shape index (κ2) is 9.59. The van der Waals surface area contributed by atoms with E-state index in [0.29, 0.717) is 37.9 Å². The zero-order valence-electron chi connectivity index (χ0n) is 18.7. The number of benzene rings is 1. The van der Waals surface area contributed by atoms with Crippen LogP contribution in [0.2, 0.25) is 0 Å². The van der Waals surface area contributed by atoms with Crippen LogP contribution >= 0.6 is 0 Å². The topological polar surface area (TPSA) is 69.6 Å². The van der Waals surface area contributed by atoms with Crippen LogP contribution in [0.1, 0.15) is 29.4 Å². The number of nitrogens with one attached hydrogen (secondary N) is 2. The number of carbonyl (C=O) groups excluding carboxylic acids is 1. The van der Waals surface area contributed by atoms with Gasteiger partial charge in [-0.15, -0.1) is 0 Å². The van der Waals surface area contributed by atoms with Crippen LogP contribution < -0.4 is 21.1 Å². The van der Waals surface area contributed by atoms with E-state index in [1.54, 1.807) is 11.0 Å². The molecule has 2 aliphatic heterocycles. The fourth-order valence-electron chi connectivity index (χ4n) is 4.18. The number of amides is 1. The predicted molar refractivity (Wildman–Crippen MR) is 121 cm³/mol. The van der Waals surface area contributed by atoms with Crippen LogP contribution in [0.3, 0.4) is 0 Å². The zero-order valence-corrected chi connectivity index (χ0v) is 18.7. The minimum absolute atomic E-state index is 0.0967. The Labute approximate surface area is 193 Å². The van der Waals surface area contributed by atoms with Crippen molar-refractivity contribution >= 4 is 22.9 Å². The summed E-state index contributed by atoms with van der Waals surface area (Å²) in [7, 11) is 1.95. The summed E-state index contributed by atoms with van der Waals surface area (Å²) >= 11 is 0. The SMILES string of the molecule is CC1CN(c2cc(F)c(C3=CCNC3)c(F)c2NC(=O)c2ccc(=O)n(C(F)F)c2)CCN1C. The minimum atomic E-state index is -3.14. The first-order valence-electron chi connectivity index (χ1n) is 10.9. The number of hydrogen-bond donors (Lipinski definition) is 2. The summed E-state index contributed by atoms with van der Waals surface area (Å²) in [6, 6.07) is 3.22. The second-order valence-corrected chi connectivity index (χ2v) is 8.47. The van der Waals surface area contributed by atoms with Crippen LogP contribution in [0.4, 0.5) is 28.9 Å². The van der Waals surface area contributed by atoms with Crippen molar-refractivity contribution in [2.24, 2.45) is 0 Å². The summed E-state index contributed by atoms with van der Waals surface area (Å²) in [6.45, 7) is 1.16. The van der Waals surface area contributed by atoms with Gasteiger partial charge in [0.2, 0.25) is 0 Å². The number of piperazine rings is 1. The van der Waals surface area contributed by atoms with E-state index in [9.17, 15) is 18.4 Å². The molecule has 1 aromatic carbocycles. The fourth-order valence-corrected chi connectivity index (χ4v) is 4.18. The number of likely N-dealkylation sites (N-methyl/N-ethyl adjacent to an activating group) is 1. The quantitative estimate of drug-likeness (QED) is 0.646. The minimum Gasteiger partial charge on any atom is -0.367 e. The average molecular weight is 479 g/mol. The number of rotatable bonds is 5. The highest BCUT2D eigenvalue weighted by Crippen LogP contribution is 2.37. The lowest BCUT2D eigenvalue weighted by Gasteiger charge is -2.39. The summed E-state index contributed by atoms with van der Waals surface area (Å²) in [6.07, 6.45) is 2.38. The van der Waals surface area contributed by atoms with Gasteiger partial charge in [0.25, 0.3) is 11.5 Å². The first-order valence-corrected chi connectivity index (χ1v) is 10.9. The monoisotopic (exact) mass is 479 g/mol. The molecule has 0 radical (unpaired) electrons. The number of alkyl halides is 2. The van der Waals surface area contributed by atoms with E-state index >= 15 is 8.78 Å². The fraction of sp³-hybridized carbons (Fsp3) is 0.391. The van der Waals surface area contributed by atoms with Crippen molar-refractivity contribution in [3.8, 4) is 0 Å². The van der Waals surface area contributed by atoms with E-state index in [1.165, 1.54) is 6.07 Å². The summed E-state index contributed by atoms with van der Waals surface area (Å²) < 4.78 is 57.3. The van der Waals surface area contributed by atoms with Gasteiger partial charge < -0.3 is 20.4 Å². The molecule has 1 atom stereocenters. The van der Waals surface area contributed by atoms with Gasteiger partial charge in [-0.1, -0.05) is 6.08 Å². The molecule has 1 unspecified atom stereocenters. The molecule has 2 aliphatic rings. The third-order valence-corrected chi connectivity index (χ3v) is 6.28. The largest absolute Gasteiger partial charge is 0.367 e. The molecule has 1 saturated heterocycles. The normalized spacial score (nSPS) is 19.0. The Hall–Kier alpha value is -3.18. The molecule has 3 heterocycles. The number of hydrogen-bond acceptors (Lipinski definition) is 5. The van der Waals surface area contributed by atoms with Gasteiger partial charge in [0, 0.05) is 57.1 Å². The average Bonchev–Trinajstić information content (AvgIpc) is 3.31. The Kier molecular flexibility index (Phi) is 6.76. The number of anilines is 2. The molecule has 0 bridgehead atoms. The van der Waals surface area contributed by atoms with Gasteiger partial charge in [0.1, 0.15) is 11.5 Å². The molecule has 0 aliphatic carbocycles. The van der Waals surface area contributed by atoms with E-state index in [1.807, 2.05) is 14.0 Å². The van der Waals surface area contributed by atoms with Crippen molar-refractivity contribution in [3.63, 3.8) is 0 Å². The van der Waals surface area contributed by atoms with Crippen molar-refractivity contribution in [2.45, 2.75) is 19.5 Å². The number of pyridine rings is 1. The molecule has 34 heavy (non-hydrogen) atoms. The molecule has 1 fully saturated rings. The van der Waals surface area contributed by atoms with Crippen LogP contribution in [0.5, 0.6) is 0 Å². The van der Waals surface area contributed by atoms with Crippen LogP contribution in [-0.4, -0.2) is 61.2 Å². The van der Waals surface area contributed by atoms with Gasteiger partial charge in [-0.2, -0.15) is 8.78 Å². The standard InChI is InChI=1S/C23H25F4N5O2/c1-13-11-31(8-7-30(13)2)17-9-16(24)19(14-5-6-28-10-14)20(25)21(17)29-22(34)15-3-4-18(33)32(12-15)23(26)27/h3-5,9,12-13,23,28H,6-8,10-11H2,1-2H3,(H,29,34). The third kappa shape index (κ3) is 4.58. The number of nitrogens with zero attached hydrogens (tertiary/aromatic N) is 3. The molecular formula is C23H25F4N5O2. The van der Waals surface area contributed by atoms with E-state index < -0.39 is 29.7 Å². The summed E-state index contributed by atoms with van der Waals surface area (Å²) in [5.41, 5.74) is -1.13. The van der Waals surface area contributed by atoms with Crippen LogP contribution in [0, 0.1) is 11.6 Å². The number of aromatic nitrogens is 1. The van der Waals surface area contributed by atoms with Crippen molar-refractivity contribution in [1.29, 1.82) is 0 Å². The van der Waals surface area contributed by atoms with Crippen LogP contribution in [0.15, 0.2) is 35.3 Å². The molecule has 4 rings (SSSR count). The van der Waals surface area contributed by atoms with E-state index in [4.69, 9.17) is 0 Å². The summed E-state index contributed by atoms with van der Waals surface area (Å²) in [5, 5.41) is 5.44. The van der Waals surface area contributed by atoms with Gasteiger partial charge in [0.05, 0.1) is 16.8 Å². The van der Waals surface area contributed by atoms with Gasteiger partial charge in [-0.05, 0) is 25.6 Å². The Morgan fingerprint density at radius 3 is 2.65 bits per heavy atom. The molecule has 7 nitrogen and oxygen atoms in total. The molecule has 2 aromatic rings. The second-order valence-electron chi connectivity index (χ2n) is 8.47. The van der Waals surface area contributed by atoms with Crippen LogP contribution in [-0.2, 0) is 0 Å². The highest BCUT2D eigenvalue weighted by molar-refractivity contribution is 6.06. The zero-order chi connectivity index (χ0) is 24.6. The molecule has 0 saturated carbocycles. The maximum Gasteiger partial charge on any atom is 0.321 e. The van der Waals surface area contributed by atoms with Crippen molar-refractivity contribution in [3.05, 3.63) is 63.6 Å². The Morgan fingerprint density at radius 1 is 1.24 bits per heavy atom. The maximum atomic E-state index is 15.8. The lowest BCUT2D eigenvalue weighted by atomic mass is 10.0. The van der Waals surface area contributed by atoms with Crippen molar-refractivity contribution in [2.75, 3.05) is 50.0 Å². The highest BCUT2D eigenvalue weighted by Gasteiger charge is 2.29. The van der Waals surface area contributed by atoms with E-state index in [2.05, 4.69) is 15.5 Å². The molecule has 1 amide bonds. The number of halogens is 4. The maximum absolute atomic E-state index is 15.8. The Balaban J connectivity index is 1.77. The smallest absolute Gasteiger partial charge is 0.321 e. The Morgan fingerprint density at radius 2 is 2.00 bits per heavy atom. The number of carbonyl (C=O) groups is 1. The molecule has 182 valence electrons. The van der Waals surface area contributed by atoms with Gasteiger partial charge in [-0.3, -0.25) is 14.2 Å². The molecule has 2 N–H and O–H groups in total. The molecule has 11 heteroatoms. The third-order valence-electron chi connectivity index (χ3n) is 6.28. The lowest BCUT2D eigenvalue weighted by molar-refractivity contribution is 0.0660. The summed E-state index contributed by atoms with van der Waals surface area (Å²) in [5.74, 6) is -2.59. The van der Waals surface area contributed by atoms with E-state index in [-0.39, 0.29) is 39.7 Å².